The molecule has 2 aliphatic rings. The van der Waals surface area contributed by atoms with Gasteiger partial charge >= 0.3 is 0 Å². The van der Waals surface area contributed by atoms with E-state index in [-0.39, 0.29) is 51.0 Å². The molecule has 0 atom stereocenters. The van der Waals surface area contributed by atoms with E-state index in [0.717, 1.165) is 56.0 Å². The van der Waals surface area contributed by atoms with E-state index in [1.807, 2.05) is 24.3 Å². The second kappa shape index (κ2) is 25.4. The van der Waals surface area contributed by atoms with Crippen molar-refractivity contribution in [3.63, 3.8) is 0 Å². The first-order chi connectivity index (χ1) is 34.4. The molecule has 1 aliphatic heterocycles. The van der Waals surface area contributed by atoms with Gasteiger partial charge in [0.15, 0.2) is 0 Å². The highest BCUT2D eigenvalue weighted by molar-refractivity contribution is 5.56. The fourth-order valence-corrected chi connectivity index (χ4v) is 8.33. The van der Waals surface area contributed by atoms with Gasteiger partial charge in [0.1, 0.15) is 74.1 Å². The zero-order valence-corrected chi connectivity index (χ0v) is 38.9. The van der Waals surface area contributed by atoms with Crippen LogP contribution in [0.2, 0.25) is 0 Å². The van der Waals surface area contributed by atoms with Crippen molar-refractivity contribution >= 4 is 11.4 Å². The lowest BCUT2D eigenvalue weighted by atomic mass is 9.91. The van der Waals surface area contributed by atoms with Crippen LogP contribution < -0.4 is 28.4 Å². The molecule has 0 aromatic heterocycles. The van der Waals surface area contributed by atoms with Crippen LogP contribution in [0.25, 0.3) is 0 Å². The second-order valence-corrected chi connectivity index (χ2v) is 16.4. The fourth-order valence-electron chi connectivity index (χ4n) is 8.33. The summed E-state index contributed by atoms with van der Waals surface area (Å²) in [4.78, 5) is 21.6. The summed E-state index contributed by atoms with van der Waals surface area (Å²) < 4.78 is 62.1. The Kier molecular flexibility index (Phi) is 17.8. The third-order valence-corrected chi connectivity index (χ3v) is 11.6. The van der Waals surface area contributed by atoms with Gasteiger partial charge in [-0.3, -0.25) is 20.2 Å². The van der Waals surface area contributed by atoms with Crippen LogP contribution in [0.15, 0.2) is 121 Å². The number of para-hydroxylation sites is 4. The van der Waals surface area contributed by atoms with Gasteiger partial charge in [0, 0.05) is 49.9 Å². The maximum atomic E-state index is 11.2. The maximum absolute atomic E-state index is 11.2. The Morgan fingerprint density at radius 3 is 0.929 bits per heavy atom. The van der Waals surface area contributed by atoms with E-state index in [1.54, 1.807) is 24.3 Å². The van der Waals surface area contributed by atoms with Crippen LogP contribution in [-0.4, -0.2) is 102 Å². The van der Waals surface area contributed by atoms with Crippen LogP contribution in [0.3, 0.4) is 0 Å². The Labute approximate surface area is 406 Å². The van der Waals surface area contributed by atoms with Gasteiger partial charge in [-0.05, 0) is 68.8 Å². The SMILES string of the molecule is O=[N+]([O-])c1ccc(OCCOc2c3cccc2Cc2cccc4c2OCCOCCOCCOCCOCCOc2c(cccc2Cc2cccc(c2OCCOc2ccc([N+](=O)[O-])cc2)C4)C3)cc1. The minimum absolute atomic E-state index is 0.0153. The van der Waals surface area contributed by atoms with E-state index >= 15 is 0 Å². The molecule has 0 spiro atoms. The normalized spacial score (nSPS) is 14.8. The molecule has 0 unspecified atom stereocenters. The van der Waals surface area contributed by atoms with Gasteiger partial charge in [-0.1, -0.05) is 72.8 Å². The summed E-state index contributed by atoms with van der Waals surface area (Å²) in [5, 5.41) is 22.5. The molecule has 70 heavy (non-hydrogen) atoms. The van der Waals surface area contributed by atoms with E-state index in [1.165, 1.54) is 24.3 Å². The summed E-state index contributed by atoms with van der Waals surface area (Å²) >= 11 is 0. The molecule has 0 amide bonds. The fraction of sp³-hybridized carbons (Fsp3) is 0.333. The highest BCUT2D eigenvalue weighted by Gasteiger charge is 2.22. The smallest absolute Gasteiger partial charge is 0.269 e. The van der Waals surface area contributed by atoms with Gasteiger partial charge < -0.3 is 47.4 Å². The lowest BCUT2D eigenvalue weighted by Gasteiger charge is -2.23. The summed E-state index contributed by atoms with van der Waals surface area (Å²) in [6.07, 6.45) is 1.87. The first-order valence-corrected chi connectivity index (χ1v) is 23.4. The van der Waals surface area contributed by atoms with Crippen molar-refractivity contribution in [1.29, 1.82) is 0 Å². The quantitative estimate of drug-likeness (QED) is 0.0644. The van der Waals surface area contributed by atoms with Crippen molar-refractivity contribution in [2.75, 3.05) is 92.5 Å². The molecule has 366 valence electrons. The Hall–Kier alpha value is -7.24. The number of benzene rings is 6. The number of fused-ring (bicyclic) bond motifs is 2. The topological polar surface area (TPSA) is 179 Å². The highest BCUT2D eigenvalue weighted by Crippen LogP contribution is 2.39. The number of hydrogen-bond donors (Lipinski definition) is 0. The number of ether oxygens (including phenoxy) is 10. The molecule has 0 fully saturated rings. The minimum atomic E-state index is -0.443. The largest absolute Gasteiger partial charge is 0.491 e. The molecule has 0 saturated carbocycles. The average Bonchev–Trinajstić information content (AvgIpc) is 3.36. The molecule has 6 aromatic carbocycles. The van der Waals surface area contributed by atoms with Crippen LogP contribution in [0.1, 0.15) is 44.5 Å². The number of nitro benzene ring substituents is 2. The van der Waals surface area contributed by atoms with E-state index in [2.05, 4.69) is 48.5 Å². The first kappa shape index (κ1) is 49.2. The van der Waals surface area contributed by atoms with Crippen LogP contribution in [-0.2, 0) is 44.6 Å². The van der Waals surface area contributed by atoms with E-state index in [0.29, 0.717) is 102 Å². The molecule has 16 heteroatoms. The number of rotatable bonds is 12. The Balaban J connectivity index is 1.16. The van der Waals surface area contributed by atoms with Crippen molar-refractivity contribution in [3.8, 4) is 34.5 Å². The second-order valence-electron chi connectivity index (χ2n) is 16.4. The standard InChI is InChI=1S/C54H56N2O14/c57-55(58)47-13-17-49(18-14-47)65-31-33-69-53-43-9-3-11-45(53)37-41-7-2-8-42-38-46-12-4-10-44(54(46)70-34-32-66-50-19-15-48(16-20-50)56(59)60)36-40-6-1-5-39(35-43)51(40)67-29-27-63-25-23-61-21-22-62-24-26-64-28-30-68-52(41)42/h1-20H,21-38H2. The van der Waals surface area contributed by atoms with Gasteiger partial charge in [0.25, 0.3) is 11.4 Å². The van der Waals surface area contributed by atoms with Gasteiger partial charge in [-0.2, -0.15) is 0 Å². The molecule has 0 saturated heterocycles. The summed E-state index contributed by atoms with van der Waals surface area (Å²) in [5.41, 5.74) is 7.52. The predicted octanol–water partition coefficient (Wildman–Crippen LogP) is 8.93. The molecule has 1 aliphatic carbocycles. The highest BCUT2D eigenvalue weighted by atomic mass is 16.6. The van der Waals surface area contributed by atoms with Crippen LogP contribution in [0.4, 0.5) is 11.4 Å². The molecular weight excluding hydrogens is 901 g/mol. The molecule has 8 rings (SSSR count). The number of nitrogens with zero attached hydrogens (tertiary/aromatic N) is 2. The molecule has 10 bridgehead atoms. The predicted molar refractivity (Wildman–Crippen MR) is 259 cm³/mol. The third-order valence-electron chi connectivity index (χ3n) is 11.6. The Morgan fingerprint density at radius 1 is 0.357 bits per heavy atom. The first-order valence-electron chi connectivity index (χ1n) is 23.4. The van der Waals surface area contributed by atoms with E-state index < -0.39 is 9.85 Å². The summed E-state index contributed by atoms with van der Waals surface area (Å²) in [6, 6.07) is 36.7. The number of non-ortho nitro benzene ring substituents is 2. The van der Waals surface area contributed by atoms with Gasteiger partial charge in [0.2, 0.25) is 0 Å². The van der Waals surface area contributed by atoms with Crippen molar-refractivity contribution < 1.29 is 57.2 Å². The third kappa shape index (κ3) is 13.7. The van der Waals surface area contributed by atoms with E-state index in [9.17, 15) is 20.2 Å². The number of hydrogen-bond acceptors (Lipinski definition) is 14. The van der Waals surface area contributed by atoms with E-state index in [4.69, 9.17) is 47.4 Å². The Morgan fingerprint density at radius 2 is 0.629 bits per heavy atom. The molecule has 6 aromatic rings. The number of nitro groups is 2. The monoisotopic (exact) mass is 956 g/mol. The van der Waals surface area contributed by atoms with Crippen LogP contribution in [0, 0.1) is 20.2 Å². The van der Waals surface area contributed by atoms with Gasteiger partial charge in [-0.25, -0.2) is 0 Å². The zero-order valence-electron chi connectivity index (χ0n) is 38.9. The maximum Gasteiger partial charge on any atom is 0.269 e. The molecular formula is C54H56N2O14. The van der Waals surface area contributed by atoms with Gasteiger partial charge in [0.05, 0.1) is 62.7 Å². The van der Waals surface area contributed by atoms with Crippen molar-refractivity contribution in [2.45, 2.75) is 25.7 Å². The lowest BCUT2D eigenvalue weighted by Crippen LogP contribution is -2.15. The summed E-state index contributed by atoms with van der Waals surface area (Å²) in [7, 11) is 0. The lowest BCUT2D eigenvalue weighted by molar-refractivity contribution is -0.385. The van der Waals surface area contributed by atoms with Crippen molar-refractivity contribution in [2.24, 2.45) is 0 Å². The van der Waals surface area contributed by atoms with Crippen LogP contribution >= 0.6 is 0 Å². The average molecular weight is 957 g/mol. The summed E-state index contributed by atoms with van der Waals surface area (Å²) in [5.74, 6) is 3.88. The molecule has 0 N–H and O–H groups in total. The molecule has 1 heterocycles. The zero-order chi connectivity index (χ0) is 48.3. The summed E-state index contributed by atoms with van der Waals surface area (Å²) in [6.45, 7) is 4.55. The van der Waals surface area contributed by atoms with Crippen molar-refractivity contribution in [3.05, 3.63) is 186 Å². The Bertz CT molecular complexity index is 2390. The van der Waals surface area contributed by atoms with Crippen LogP contribution in [0.5, 0.6) is 34.5 Å². The van der Waals surface area contributed by atoms with Gasteiger partial charge in [-0.15, -0.1) is 0 Å². The minimum Gasteiger partial charge on any atom is -0.491 e. The molecule has 16 nitrogen and oxygen atoms in total. The molecule has 0 radical (unpaired) electrons. The van der Waals surface area contributed by atoms with Crippen molar-refractivity contribution in [1.82, 2.24) is 0 Å².